The Morgan fingerprint density at radius 1 is 1.57 bits per heavy atom. The number of aromatic carboxylic acids is 1. The fourth-order valence-electron chi connectivity index (χ4n) is 1.10. The summed E-state index contributed by atoms with van der Waals surface area (Å²) in [7, 11) is 0. The van der Waals surface area contributed by atoms with Gasteiger partial charge >= 0.3 is 5.97 Å². The van der Waals surface area contributed by atoms with Crippen LogP contribution in [-0.4, -0.2) is 15.6 Å². The first-order valence-corrected chi connectivity index (χ1v) is 4.87. The van der Waals surface area contributed by atoms with Crippen LogP contribution in [0.2, 0.25) is 0 Å². The molecule has 0 fully saturated rings. The van der Waals surface area contributed by atoms with Crippen LogP contribution in [0.15, 0.2) is 21.5 Å². The van der Waals surface area contributed by atoms with Gasteiger partial charge in [-0.2, -0.15) is 0 Å². The van der Waals surface area contributed by atoms with Crippen molar-refractivity contribution in [2.45, 2.75) is 19.9 Å². The third kappa shape index (κ3) is 2.04. The highest BCUT2D eigenvalue weighted by Gasteiger charge is 2.13. The van der Waals surface area contributed by atoms with E-state index >= 15 is 0 Å². The predicted octanol–water partition coefficient (Wildman–Crippen LogP) is 1.89. The molecular formula is C9H10BrNO3. The van der Waals surface area contributed by atoms with Gasteiger partial charge < -0.3 is 9.67 Å². The van der Waals surface area contributed by atoms with Crippen LogP contribution in [0, 0.1) is 0 Å². The number of halogens is 1. The van der Waals surface area contributed by atoms with Gasteiger partial charge in [0, 0.05) is 16.7 Å². The number of carboxylic acid groups (broad SMARTS) is 1. The lowest BCUT2D eigenvalue weighted by molar-refractivity contribution is 0.0694. The average molecular weight is 260 g/mol. The van der Waals surface area contributed by atoms with Crippen molar-refractivity contribution >= 4 is 21.9 Å². The first-order valence-electron chi connectivity index (χ1n) is 4.08. The maximum atomic E-state index is 11.6. The molecule has 1 aromatic heterocycles. The number of carbonyl (C=O) groups is 1. The monoisotopic (exact) mass is 259 g/mol. The molecule has 1 N–H and O–H groups in total. The van der Waals surface area contributed by atoms with E-state index in [4.69, 9.17) is 5.11 Å². The molecule has 0 saturated heterocycles. The molecule has 0 aromatic carbocycles. The number of hydrogen-bond acceptors (Lipinski definition) is 2. The van der Waals surface area contributed by atoms with Gasteiger partial charge in [0.2, 0.25) is 0 Å². The molecular weight excluding hydrogens is 250 g/mol. The van der Waals surface area contributed by atoms with E-state index in [2.05, 4.69) is 15.9 Å². The van der Waals surface area contributed by atoms with Gasteiger partial charge in [-0.3, -0.25) is 4.79 Å². The maximum Gasteiger partial charge on any atom is 0.341 e. The van der Waals surface area contributed by atoms with Gasteiger partial charge in [0.15, 0.2) is 0 Å². The second-order valence-corrected chi connectivity index (χ2v) is 4.10. The highest BCUT2D eigenvalue weighted by molar-refractivity contribution is 9.10. The molecule has 0 atom stereocenters. The number of rotatable bonds is 2. The quantitative estimate of drug-likeness (QED) is 0.883. The van der Waals surface area contributed by atoms with Crippen molar-refractivity contribution in [1.29, 1.82) is 0 Å². The summed E-state index contributed by atoms with van der Waals surface area (Å²) in [5, 5.41) is 8.76. The minimum atomic E-state index is -1.20. The lowest BCUT2D eigenvalue weighted by Gasteiger charge is -2.10. The lowest BCUT2D eigenvalue weighted by atomic mass is 10.2. The zero-order chi connectivity index (χ0) is 10.9. The van der Waals surface area contributed by atoms with Crippen LogP contribution < -0.4 is 5.56 Å². The van der Waals surface area contributed by atoms with E-state index in [1.54, 1.807) is 6.20 Å². The van der Waals surface area contributed by atoms with Crippen LogP contribution in [0.4, 0.5) is 0 Å². The summed E-state index contributed by atoms with van der Waals surface area (Å²) in [5.41, 5.74) is -0.691. The van der Waals surface area contributed by atoms with Crippen LogP contribution in [0.5, 0.6) is 0 Å². The summed E-state index contributed by atoms with van der Waals surface area (Å²) in [6, 6.07) is 1.25. The van der Waals surface area contributed by atoms with Crippen LogP contribution in [0.3, 0.4) is 0 Å². The van der Waals surface area contributed by atoms with E-state index in [0.29, 0.717) is 4.47 Å². The van der Waals surface area contributed by atoms with Crippen molar-refractivity contribution in [2.75, 3.05) is 0 Å². The number of aromatic nitrogens is 1. The molecule has 14 heavy (non-hydrogen) atoms. The molecule has 1 heterocycles. The Labute approximate surface area is 89.3 Å². The van der Waals surface area contributed by atoms with Crippen molar-refractivity contribution in [3.05, 3.63) is 32.7 Å². The summed E-state index contributed by atoms with van der Waals surface area (Å²) in [6.07, 6.45) is 1.58. The molecule has 0 spiro atoms. The molecule has 5 heteroatoms. The smallest absolute Gasteiger partial charge is 0.341 e. The fraction of sp³-hybridized carbons (Fsp3) is 0.333. The number of nitrogens with zero attached hydrogens (tertiary/aromatic N) is 1. The van der Waals surface area contributed by atoms with E-state index in [-0.39, 0.29) is 11.6 Å². The zero-order valence-corrected chi connectivity index (χ0v) is 9.41. The summed E-state index contributed by atoms with van der Waals surface area (Å²) in [4.78, 5) is 22.3. The summed E-state index contributed by atoms with van der Waals surface area (Å²) < 4.78 is 1.97. The topological polar surface area (TPSA) is 59.3 Å². The molecule has 0 radical (unpaired) electrons. The van der Waals surface area contributed by atoms with E-state index in [0.717, 1.165) is 0 Å². The van der Waals surface area contributed by atoms with Gasteiger partial charge in [-0.05, 0) is 35.8 Å². The van der Waals surface area contributed by atoms with Crippen molar-refractivity contribution in [1.82, 2.24) is 4.57 Å². The molecule has 0 saturated carbocycles. The zero-order valence-electron chi connectivity index (χ0n) is 7.82. The Hall–Kier alpha value is -1.10. The van der Waals surface area contributed by atoms with E-state index in [1.807, 2.05) is 13.8 Å². The summed E-state index contributed by atoms with van der Waals surface area (Å²) in [6.45, 7) is 3.64. The molecule has 1 aromatic rings. The minimum Gasteiger partial charge on any atom is -0.477 e. The maximum absolute atomic E-state index is 11.6. The van der Waals surface area contributed by atoms with Crippen molar-refractivity contribution in [3.63, 3.8) is 0 Å². The molecule has 0 bridgehead atoms. The Bertz CT molecular complexity index is 423. The average Bonchev–Trinajstić information content (AvgIpc) is 2.07. The van der Waals surface area contributed by atoms with Gasteiger partial charge in [-0.1, -0.05) is 0 Å². The van der Waals surface area contributed by atoms with E-state index in [9.17, 15) is 9.59 Å². The molecule has 76 valence electrons. The second-order valence-electron chi connectivity index (χ2n) is 3.18. The van der Waals surface area contributed by atoms with Crippen molar-refractivity contribution < 1.29 is 9.90 Å². The van der Waals surface area contributed by atoms with Gasteiger partial charge in [0.1, 0.15) is 5.56 Å². The number of carboxylic acids is 1. The Balaban J connectivity index is 3.48. The predicted molar refractivity (Wildman–Crippen MR) is 55.7 cm³/mol. The van der Waals surface area contributed by atoms with Gasteiger partial charge in [0.25, 0.3) is 5.56 Å². The molecule has 0 aliphatic rings. The number of hydrogen-bond donors (Lipinski definition) is 1. The number of pyridine rings is 1. The molecule has 0 unspecified atom stereocenters. The molecule has 4 nitrogen and oxygen atoms in total. The highest BCUT2D eigenvalue weighted by atomic mass is 79.9. The minimum absolute atomic E-state index is 0.0573. The fourth-order valence-corrected chi connectivity index (χ4v) is 1.55. The van der Waals surface area contributed by atoms with E-state index in [1.165, 1.54) is 10.6 Å². The summed E-state index contributed by atoms with van der Waals surface area (Å²) >= 11 is 3.16. The normalized spacial score (nSPS) is 10.6. The molecule has 0 amide bonds. The third-order valence-corrected chi connectivity index (χ3v) is 2.23. The molecule has 1 rings (SSSR count). The van der Waals surface area contributed by atoms with Gasteiger partial charge in [-0.15, -0.1) is 0 Å². The van der Waals surface area contributed by atoms with Gasteiger partial charge in [-0.25, -0.2) is 4.79 Å². The third-order valence-electron chi connectivity index (χ3n) is 1.80. The van der Waals surface area contributed by atoms with Gasteiger partial charge in [0.05, 0.1) is 0 Å². The van der Waals surface area contributed by atoms with Crippen LogP contribution in [0.25, 0.3) is 0 Å². The lowest BCUT2D eigenvalue weighted by Crippen LogP contribution is -2.27. The van der Waals surface area contributed by atoms with Crippen LogP contribution in [-0.2, 0) is 0 Å². The van der Waals surface area contributed by atoms with Crippen LogP contribution >= 0.6 is 15.9 Å². The van der Waals surface area contributed by atoms with E-state index < -0.39 is 11.5 Å². The standard InChI is InChI=1S/C9H10BrNO3/c1-5(2)11-4-6(10)3-7(8(11)12)9(13)14/h3-5H,1-2H3,(H,13,14). The first kappa shape index (κ1) is 11.0. The first-order chi connectivity index (χ1) is 6.43. The highest BCUT2D eigenvalue weighted by Crippen LogP contribution is 2.11. The Kier molecular flexibility index (Phi) is 3.10. The Morgan fingerprint density at radius 3 is 2.57 bits per heavy atom. The second kappa shape index (κ2) is 3.96. The Morgan fingerprint density at radius 2 is 2.14 bits per heavy atom. The van der Waals surface area contributed by atoms with Crippen molar-refractivity contribution in [2.24, 2.45) is 0 Å². The van der Waals surface area contributed by atoms with Crippen molar-refractivity contribution in [3.8, 4) is 0 Å². The molecule has 0 aliphatic carbocycles. The largest absolute Gasteiger partial charge is 0.477 e. The molecule has 0 aliphatic heterocycles. The SMILES string of the molecule is CC(C)n1cc(Br)cc(C(=O)O)c1=O. The summed E-state index contributed by atoms with van der Waals surface area (Å²) in [5.74, 6) is -1.20. The van der Waals surface area contributed by atoms with Crippen LogP contribution in [0.1, 0.15) is 30.2 Å².